The van der Waals surface area contributed by atoms with Gasteiger partial charge >= 0.3 is 0 Å². The second-order valence-electron chi connectivity index (χ2n) is 6.16. The average Bonchev–Trinajstić information content (AvgIpc) is 3.28. The first-order valence-corrected chi connectivity index (χ1v) is 8.55. The van der Waals surface area contributed by atoms with Crippen LogP contribution in [0.25, 0.3) is 0 Å². The van der Waals surface area contributed by atoms with Crippen LogP contribution in [0.15, 0.2) is 28.8 Å². The summed E-state index contributed by atoms with van der Waals surface area (Å²) >= 11 is 0. The van der Waals surface area contributed by atoms with Gasteiger partial charge in [0, 0.05) is 19.5 Å². The second-order valence-corrected chi connectivity index (χ2v) is 6.16. The number of hydrogen-bond donors (Lipinski definition) is 1. The molecule has 3 rings (SSSR count). The van der Waals surface area contributed by atoms with E-state index in [1.165, 1.54) is 6.92 Å². The first-order valence-electron chi connectivity index (χ1n) is 8.55. The number of hydrogen-bond acceptors (Lipinski definition) is 5. The van der Waals surface area contributed by atoms with Crippen molar-refractivity contribution in [3.05, 3.63) is 47.1 Å². The Labute approximate surface area is 146 Å². The highest BCUT2D eigenvalue weighted by atomic mass is 16.5. The lowest BCUT2D eigenvalue weighted by molar-refractivity contribution is -0.119. The van der Waals surface area contributed by atoms with E-state index >= 15 is 0 Å². The van der Waals surface area contributed by atoms with Gasteiger partial charge in [0.15, 0.2) is 0 Å². The maximum absolute atomic E-state index is 12.8. The predicted molar refractivity (Wildman–Crippen MR) is 90.7 cm³/mol. The van der Waals surface area contributed by atoms with Crippen LogP contribution in [0, 0.1) is 0 Å². The third kappa shape index (κ3) is 3.87. The molecular weight excluding hydrogens is 320 g/mol. The van der Waals surface area contributed by atoms with Crippen LogP contribution in [0.2, 0.25) is 0 Å². The van der Waals surface area contributed by atoms with Crippen LogP contribution in [0.4, 0.5) is 0 Å². The number of nitrogens with zero attached hydrogens (tertiary/aromatic N) is 3. The van der Waals surface area contributed by atoms with Crippen LogP contribution in [0.5, 0.6) is 0 Å². The fourth-order valence-electron chi connectivity index (χ4n) is 3.04. The van der Waals surface area contributed by atoms with Crippen molar-refractivity contribution >= 4 is 11.8 Å². The van der Waals surface area contributed by atoms with E-state index in [0.717, 1.165) is 36.3 Å². The van der Waals surface area contributed by atoms with E-state index in [2.05, 4.69) is 15.5 Å². The lowest BCUT2D eigenvalue weighted by Gasteiger charge is -2.23. The second kappa shape index (κ2) is 7.46. The minimum Gasteiger partial charge on any atom is -0.351 e. The van der Waals surface area contributed by atoms with Gasteiger partial charge in [0.1, 0.15) is 0 Å². The molecule has 1 fully saturated rings. The molecule has 1 aliphatic heterocycles. The molecule has 0 aromatic carbocycles. The third-order valence-corrected chi connectivity index (χ3v) is 4.33. The Hall–Kier alpha value is -2.70. The molecule has 0 unspecified atom stereocenters. The zero-order valence-electron chi connectivity index (χ0n) is 14.5. The number of carbonyl (C=O) groups excluding carboxylic acids is 2. The van der Waals surface area contributed by atoms with E-state index in [1.807, 2.05) is 25.1 Å². The van der Waals surface area contributed by atoms with Crippen molar-refractivity contribution in [2.45, 2.75) is 45.7 Å². The van der Waals surface area contributed by atoms with Crippen LogP contribution in [0.3, 0.4) is 0 Å². The topological polar surface area (TPSA) is 88.3 Å². The molecule has 0 saturated carbocycles. The molecule has 1 atom stereocenters. The highest BCUT2D eigenvalue weighted by Gasteiger charge is 2.33. The van der Waals surface area contributed by atoms with Gasteiger partial charge in [-0.2, -0.15) is 0 Å². The van der Waals surface area contributed by atoms with Gasteiger partial charge < -0.3 is 14.7 Å². The number of amides is 2. The quantitative estimate of drug-likeness (QED) is 0.900. The SMILES string of the molecule is CCc1cc(C(=O)N2CCC[C@H]2c2cccc(CNC(C)=O)n2)on1. The van der Waals surface area contributed by atoms with E-state index in [-0.39, 0.29) is 23.6 Å². The molecule has 0 spiro atoms. The van der Waals surface area contributed by atoms with E-state index < -0.39 is 0 Å². The van der Waals surface area contributed by atoms with Crippen LogP contribution in [-0.4, -0.2) is 33.4 Å². The molecule has 1 saturated heterocycles. The van der Waals surface area contributed by atoms with Crippen molar-refractivity contribution in [2.24, 2.45) is 0 Å². The maximum atomic E-state index is 12.8. The van der Waals surface area contributed by atoms with Gasteiger partial charge in [0.25, 0.3) is 5.91 Å². The molecule has 132 valence electrons. The van der Waals surface area contributed by atoms with Crippen molar-refractivity contribution in [3.8, 4) is 0 Å². The van der Waals surface area contributed by atoms with E-state index in [0.29, 0.717) is 13.1 Å². The van der Waals surface area contributed by atoms with Crippen LogP contribution in [-0.2, 0) is 17.8 Å². The predicted octanol–water partition coefficient (Wildman–Crippen LogP) is 2.25. The van der Waals surface area contributed by atoms with Crippen LogP contribution in [0.1, 0.15) is 60.4 Å². The summed E-state index contributed by atoms with van der Waals surface area (Å²) in [5.74, 6) is 0.0313. The van der Waals surface area contributed by atoms with Gasteiger partial charge in [-0.15, -0.1) is 0 Å². The first kappa shape index (κ1) is 17.1. The van der Waals surface area contributed by atoms with Gasteiger partial charge in [-0.05, 0) is 31.4 Å². The Morgan fingerprint density at radius 3 is 2.92 bits per heavy atom. The summed E-state index contributed by atoms with van der Waals surface area (Å²) in [4.78, 5) is 30.3. The normalized spacial score (nSPS) is 16.9. The number of nitrogens with one attached hydrogen (secondary N) is 1. The Bertz CT molecular complexity index is 771. The molecule has 1 N–H and O–H groups in total. The zero-order chi connectivity index (χ0) is 17.8. The molecule has 2 aromatic heterocycles. The Morgan fingerprint density at radius 1 is 1.36 bits per heavy atom. The number of pyridine rings is 1. The molecular formula is C18H22N4O3. The van der Waals surface area contributed by atoms with E-state index in [1.54, 1.807) is 11.0 Å². The van der Waals surface area contributed by atoms with Gasteiger partial charge in [-0.25, -0.2) is 0 Å². The van der Waals surface area contributed by atoms with Gasteiger partial charge in [-0.1, -0.05) is 18.1 Å². The van der Waals surface area contributed by atoms with Crippen molar-refractivity contribution in [2.75, 3.05) is 6.54 Å². The minimum absolute atomic E-state index is 0.0834. The Balaban J connectivity index is 1.78. The number of aromatic nitrogens is 2. The van der Waals surface area contributed by atoms with Crippen molar-refractivity contribution in [3.63, 3.8) is 0 Å². The molecule has 0 radical (unpaired) electrons. The fraction of sp³-hybridized carbons (Fsp3) is 0.444. The molecule has 25 heavy (non-hydrogen) atoms. The monoisotopic (exact) mass is 342 g/mol. The summed E-state index contributed by atoms with van der Waals surface area (Å²) < 4.78 is 5.19. The molecule has 7 nitrogen and oxygen atoms in total. The van der Waals surface area contributed by atoms with Gasteiger partial charge in [0.2, 0.25) is 11.7 Å². The first-order chi connectivity index (χ1) is 12.1. The molecule has 0 aliphatic carbocycles. The number of aryl methyl sites for hydroxylation is 1. The number of carbonyl (C=O) groups is 2. The molecule has 3 heterocycles. The number of rotatable bonds is 5. The molecule has 2 aromatic rings. The van der Waals surface area contributed by atoms with Crippen molar-refractivity contribution < 1.29 is 14.1 Å². The van der Waals surface area contributed by atoms with Gasteiger partial charge in [-0.3, -0.25) is 14.6 Å². The van der Waals surface area contributed by atoms with E-state index in [4.69, 9.17) is 4.52 Å². The standard InChI is InChI=1S/C18H22N4O3/c1-3-13-10-17(25-21-13)18(24)22-9-5-8-16(22)15-7-4-6-14(20-15)11-19-12(2)23/h4,6-7,10,16H,3,5,8-9,11H2,1-2H3,(H,19,23)/t16-/m0/s1. The Morgan fingerprint density at radius 2 is 2.20 bits per heavy atom. The van der Waals surface area contributed by atoms with Crippen molar-refractivity contribution in [1.82, 2.24) is 20.4 Å². The highest BCUT2D eigenvalue weighted by Crippen LogP contribution is 2.32. The smallest absolute Gasteiger partial charge is 0.293 e. The highest BCUT2D eigenvalue weighted by molar-refractivity contribution is 5.92. The minimum atomic E-state index is -0.149. The average molecular weight is 342 g/mol. The molecule has 1 aliphatic rings. The molecule has 0 bridgehead atoms. The van der Waals surface area contributed by atoms with E-state index in [9.17, 15) is 9.59 Å². The largest absolute Gasteiger partial charge is 0.351 e. The van der Waals surface area contributed by atoms with Crippen LogP contribution < -0.4 is 5.32 Å². The summed E-state index contributed by atoms with van der Waals surface area (Å²) in [6.45, 7) is 4.49. The summed E-state index contributed by atoms with van der Waals surface area (Å²) in [6.07, 6.45) is 2.51. The summed E-state index contributed by atoms with van der Waals surface area (Å²) in [5, 5.41) is 6.64. The summed E-state index contributed by atoms with van der Waals surface area (Å²) in [6, 6.07) is 7.32. The van der Waals surface area contributed by atoms with Gasteiger partial charge in [0.05, 0.1) is 29.7 Å². The van der Waals surface area contributed by atoms with Crippen LogP contribution >= 0.6 is 0 Å². The summed E-state index contributed by atoms with van der Waals surface area (Å²) in [5.41, 5.74) is 2.39. The molecule has 2 amide bonds. The lowest BCUT2D eigenvalue weighted by atomic mass is 10.1. The number of likely N-dealkylation sites (tertiary alicyclic amines) is 1. The third-order valence-electron chi connectivity index (χ3n) is 4.33. The summed E-state index contributed by atoms with van der Waals surface area (Å²) in [7, 11) is 0. The molecule has 7 heteroatoms. The fourth-order valence-corrected chi connectivity index (χ4v) is 3.04. The Kier molecular flexibility index (Phi) is 5.11. The zero-order valence-corrected chi connectivity index (χ0v) is 14.5. The van der Waals surface area contributed by atoms with Crippen molar-refractivity contribution in [1.29, 1.82) is 0 Å². The lowest BCUT2D eigenvalue weighted by Crippen LogP contribution is -2.31. The maximum Gasteiger partial charge on any atom is 0.293 e.